The van der Waals surface area contributed by atoms with Crippen molar-refractivity contribution in [1.29, 1.82) is 0 Å². The van der Waals surface area contributed by atoms with E-state index >= 15 is 0 Å². The van der Waals surface area contributed by atoms with Crippen molar-refractivity contribution in [3.05, 3.63) is 95.1 Å². The molecular formula is C28H28N4O6. The minimum Gasteiger partial charge on any atom is -0.478 e. The maximum Gasteiger partial charge on any atom is 0.335 e. The lowest BCUT2D eigenvalue weighted by atomic mass is 9.99. The number of carbonyl (C=O) groups excluding carboxylic acids is 2. The Balaban J connectivity index is 1.54. The van der Waals surface area contributed by atoms with Crippen LogP contribution in [0.15, 0.2) is 72.8 Å². The van der Waals surface area contributed by atoms with E-state index < -0.39 is 11.9 Å². The monoisotopic (exact) mass is 516 g/mol. The van der Waals surface area contributed by atoms with Gasteiger partial charge in [-0.1, -0.05) is 36.4 Å². The summed E-state index contributed by atoms with van der Waals surface area (Å²) in [6.07, 6.45) is 0. The lowest BCUT2D eigenvalue weighted by Gasteiger charge is -2.16. The van der Waals surface area contributed by atoms with Crippen LogP contribution < -0.4 is 16.1 Å². The molecule has 0 atom stereocenters. The second-order valence-corrected chi connectivity index (χ2v) is 8.64. The van der Waals surface area contributed by atoms with Crippen molar-refractivity contribution >= 4 is 40.4 Å². The molecule has 1 heterocycles. The van der Waals surface area contributed by atoms with E-state index in [4.69, 9.17) is 9.94 Å². The fourth-order valence-electron chi connectivity index (χ4n) is 3.95. The molecule has 5 N–H and O–H groups in total. The van der Waals surface area contributed by atoms with Gasteiger partial charge in [-0.15, -0.1) is 0 Å². The summed E-state index contributed by atoms with van der Waals surface area (Å²) in [5.74, 6) is -1.84. The van der Waals surface area contributed by atoms with Gasteiger partial charge in [0.2, 0.25) is 0 Å². The van der Waals surface area contributed by atoms with Crippen molar-refractivity contribution in [2.45, 2.75) is 0 Å². The summed E-state index contributed by atoms with van der Waals surface area (Å²) in [7, 11) is 1.84. The van der Waals surface area contributed by atoms with E-state index in [2.05, 4.69) is 16.1 Å². The highest BCUT2D eigenvalue weighted by Crippen LogP contribution is 2.38. The predicted octanol–water partition coefficient (Wildman–Crippen LogP) is 2.90. The Kier molecular flexibility index (Phi) is 8.49. The van der Waals surface area contributed by atoms with E-state index in [-0.39, 0.29) is 24.7 Å². The summed E-state index contributed by atoms with van der Waals surface area (Å²) < 4.78 is 0. The first-order chi connectivity index (χ1) is 18.4. The number of rotatable bonds is 11. The largest absolute Gasteiger partial charge is 0.478 e. The average molecular weight is 517 g/mol. The van der Waals surface area contributed by atoms with Gasteiger partial charge in [-0.05, 0) is 49.0 Å². The molecule has 0 saturated heterocycles. The molecule has 38 heavy (non-hydrogen) atoms. The third-order valence-corrected chi connectivity index (χ3v) is 5.96. The molecule has 0 bridgehead atoms. The zero-order chi connectivity index (χ0) is 27.1. The van der Waals surface area contributed by atoms with E-state index in [1.807, 2.05) is 42.3 Å². The Labute approximate surface area is 219 Å². The number of carbonyl (C=O) groups is 3. The third-order valence-electron chi connectivity index (χ3n) is 5.96. The zero-order valence-electron chi connectivity index (χ0n) is 20.7. The number of anilines is 2. The summed E-state index contributed by atoms with van der Waals surface area (Å²) in [5, 5.41) is 24.3. The second-order valence-electron chi connectivity index (χ2n) is 8.64. The Morgan fingerprint density at radius 3 is 2.34 bits per heavy atom. The molecule has 0 saturated carbocycles. The van der Waals surface area contributed by atoms with Gasteiger partial charge in [0.1, 0.15) is 0 Å². The first-order valence-electron chi connectivity index (χ1n) is 11.9. The number of amides is 2. The maximum absolute atomic E-state index is 13.0. The Morgan fingerprint density at radius 2 is 1.66 bits per heavy atom. The van der Waals surface area contributed by atoms with Gasteiger partial charge >= 0.3 is 5.97 Å². The number of nitrogens with zero attached hydrogens (tertiary/aromatic N) is 1. The molecule has 3 aromatic carbocycles. The van der Waals surface area contributed by atoms with E-state index in [0.29, 0.717) is 46.9 Å². The van der Waals surface area contributed by atoms with Gasteiger partial charge in [0.15, 0.2) is 0 Å². The van der Waals surface area contributed by atoms with Crippen molar-refractivity contribution in [3.8, 4) is 0 Å². The molecule has 0 aromatic heterocycles. The van der Waals surface area contributed by atoms with Crippen LogP contribution >= 0.6 is 0 Å². The molecular weight excluding hydrogens is 488 g/mol. The van der Waals surface area contributed by atoms with Crippen molar-refractivity contribution in [2.24, 2.45) is 0 Å². The molecule has 0 spiro atoms. The quantitative estimate of drug-likeness (QED) is 0.149. The molecule has 10 nitrogen and oxygen atoms in total. The summed E-state index contributed by atoms with van der Waals surface area (Å²) in [4.78, 5) is 43.9. The van der Waals surface area contributed by atoms with Crippen molar-refractivity contribution in [3.63, 3.8) is 0 Å². The molecule has 1 aliphatic rings. The molecule has 0 fully saturated rings. The summed E-state index contributed by atoms with van der Waals surface area (Å²) in [6.45, 7) is 1.39. The highest BCUT2D eigenvalue weighted by atomic mass is 16.7. The SMILES string of the molecule is CN(CCO)CCONC(=O)c1ccc(NC(=C2C(=O)Nc3cc(C(=O)O)ccc32)c2ccccc2)cc1. The first-order valence-corrected chi connectivity index (χ1v) is 11.9. The van der Waals surface area contributed by atoms with Crippen molar-refractivity contribution < 1.29 is 29.4 Å². The molecule has 0 aliphatic carbocycles. The molecule has 0 unspecified atom stereocenters. The topological polar surface area (TPSA) is 140 Å². The minimum atomic E-state index is -1.08. The number of hydrogen-bond donors (Lipinski definition) is 5. The van der Waals surface area contributed by atoms with Crippen LogP contribution in [-0.2, 0) is 9.63 Å². The first kappa shape index (κ1) is 26.6. The lowest BCUT2D eigenvalue weighted by Crippen LogP contribution is -2.31. The molecule has 2 amide bonds. The number of carboxylic acid groups (broad SMARTS) is 1. The number of aromatic carboxylic acids is 1. The van der Waals surface area contributed by atoms with Crippen LogP contribution in [0.2, 0.25) is 0 Å². The summed E-state index contributed by atoms with van der Waals surface area (Å²) >= 11 is 0. The highest BCUT2D eigenvalue weighted by Gasteiger charge is 2.29. The Hall–Kier alpha value is -4.51. The van der Waals surface area contributed by atoms with E-state index in [1.165, 1.54) is 12.1 Å². The van der Waals surface area contributed by atoms with Gasteiger partial charge in [0.05, 0.1) is 35.7 Å². The smallest absolute Gasteiger partial charge is 0.335 e. The second kappa shape index (κ2) is 12.2. The lowest BCUT2D eigenvalue weighted by molar-refractivity contribution is -0.110. The van der Waals surface area contributed by atoms with Gasteiger partial charge in [-0.3, -0.25) is 14.4 Å². The Morgan fingerprint density at radius 1 is 0.947 bits per heavy atom. The van der Waals surface area contributed by atoms with E-state index in [0.717, 1.165) is 5.56 Å². The molecule has 4 rings (SSSR count). The van der Waals surface area contributed by atoms with Crippen molar-refractivity contribution in [2.75, 3.05) is 44.0 Å². The molecule has 10 heteroatoms. The normalized spacial score (nSPS) is 13.6. The number of benzene rings is 3. The summed E-state index contributed by atoms with van der Waals surface area (Å²) in [6, 6.07) is 20.5. The van der Waals surface area contributed by atoms with Crippen LogP contribution in [0.1, 0.15) is 31.8 Å². The van der Waals surface area contributed by atoms with Crippen molar-refractivity contribution in [1.82, 2.24) is 10.4 Å². The van der Waals surface area contributed by atoms with Crippen LogP contribution in [0, 0.1) is 0 Å². The fraction of sp³-hybridized carbons (Fsp3) is 0.179. The molecule has 196 valence electrons. The Bertz CT molecular complexity index is 1360. The minimum absolute atomic E-state index is 0.0503. The highest BCUT2D eigenvalue weighted by molar-refractivity contribution is 6.37. The van der Waals surface area contributed by atoms with Crippen LogP contribution in [0.3, 0.4) is 0 Å². The number of hydroxylamine groups is 1. The van der Waals surface area contributed by atoms with E-state index in [9.17, 15) is 19.5 Å². The fourth-order valence-corrected chi connectivity index (χ4v) is 3.95. The number of nitrogens with one attached hydrogen (secondary N) is 3. The number of fused-ring (bicyclic) bond motifs is 1. The average Bonchev–Trinajstić information content (AvgIpc) is 3.25. The predicted molar refractivity (Wildman–Crippen MR) is 143 cm³/mol. The van der Waals surface area contributed by atoms with Crippen LogP contribution in [0.5, 0.6) is 0 Å². The van der Waals surface area contributed by atoms with Gasteiger partial charge < -0.3 is 25.7 Å². The van der Waals surface area contributed by atoms with E-state index in [1.54, 1.807) is 30.3 Å². The molecule has 1 aliphatic heterocycles. The van der Waals surface area contributed by atoms with Gasteiger partial charge in [-0.2, -0.15) is 0 Å². The number of aliphatic hydroxyl groups excluding tert-OH is 1. The number of carboxylic acids is 1. The zero-order valence-corrected chi connectivity index (χ0v) is 20.7. The summed E-state index contributed by atoms with van der Waals surface area (Å²) in [5.41, 5.74) is 6.20. The van der Waals surface area contributed by atoms with Crippen LogP contribution in [-0.4, -0.2) is 66.2 Å². The van der Waals surface area contributed by atoms with Crippen LogP contribution in [0.4, 0.5) is 11.4 Å². The molecule has 3 aromatic rings. The standard InChI is InChI=1S/C28H28N4O6/c1-32(13-15-33)14-16-38-31-26(34)19-7-10-21(11-8-19)29-25(18-5-3-2-4-6-18)24-22-12-9-20(28(36)37)17-23(22)30-27(24)35/h2-12,17,29,33H,13-16H2,1H3,(H,30,35)(H,31,34)(H,36,37). The number of likely N-dealkylation sites (N-methyl/N-ethyl adjacent to an activating group) is 1. The van der Waals surface area contributed by atoms with Gasteiger partial charge in [-0.25, -0.2) is 10.3 Å². The maximum atomic E-state index is 13.0. The molecule has 0 radical (unpaired) electrons. The van der Waals surface area contributed by atoms with Gasteiger partial charge in [0.25, 0.3) is 11.8 Å². The number of hydrogen-bond acceptors (Lipinski definition) is 7. The number of aliphatic hydroxyl groups is 1. The van der Waals surface area contributed by atoms with Crippen LogP contribution in [0.25, 0.3) is 11.3 Å². The van der Waals surface area contributed by atoms with Gasteiger partial charge in [0, 0.05) is 29.9 Å². The third kappa shape index (κ3) is 6.24.